The Labute approximate surface area is 121 Å². The number of carbonyl (C=O) groups is 1. The molecule has 1 aromatic heterocycles. The van der Waals surface area contributed by atoms with E-state index >= 15 is 0 Å². The standard InChI is InChI=1S/C15H14N4O2/c1-10-5-11(2)7-12(6-10)13-8-14-15(16-9-13)19(14)18(17-21)3-4-20/h4-9H,3H2,1-2H3. The molecule has 21 heavy (non-hydrogen) atoms. The molecule has 0 atom stereocenters. The van der Waals surface area contributed by atoms with Crippen molar-refractivity contribution in [1.29, 1.82) is 0 Å². The lowest BCUT2D eigenvalue weighted by Crippen LogP contribution is -2.27. The molecule has 6 heteroatoms. The summed E-state index contributed by atoms with van der Waals surface area (Å²) < 4.78 is 0. The van der Waals surface area contributed by atoms with Crippen LogP contribution in [0.4, 0.5) is 11.5 Å². The van der Waals surface area contributed by atoms with Crippen LogP contribution in [-0.4, -0.2) is 22.9 Å². The number of fused-ring (bicyclic) bond motifs is 1. The third kappa shape index (κ3) is 2.35. The molecule has 1 aliphatic rings. The number of pyridine rings is 1. The number of rotatable bonds is 5. The van der Waals surface area contributed by atoms with Crippen molar-refractivity contribution in [1.82, 2.24) is 10.1 Å². The molecule has 0 unspecified atom stereocenters. The number of nitrogens with zero attached hydrogens (tertiary/aromatic N) is 4. The fraction of sp³-hybridized carbons (Fsp3) is 0.200. The molecule has 2 heterocycles. The minimum atomic E-state index is -0.0846. The van der Waals surface area contributed by atoms with Gasteiger partial charge in [0.15, 0.2) is 5.82 Å². The van der Waals surface area contributed by atoms with E-state index in [1.54, 1.807) is 6.20 Å². The Morgan fingerprint density at radius 2 is 1.90 bits per heavy atom. The number of benzene rings is 1. The number of aryl methyl sites for hydroxylation is 2. The molecule has 0 radical (unpaired) electrons. The second-order valence-corrected chi connectivity index (χ2v) is 5.06. The number of aromatic nitrogens is 1. The number of aldehydes is 1. The lowest BCUT2D eigenvalue weighted by Gasteiger charge is -2.11. The predicted octanol–water partition coefficient (Wildman–Crippen LogP) is 2.91. The van der Waals surface area contributed by atoms with Crippen LogP contribution in [0.3, 0.4) is 0 Å². The van der Waals surface area contributed by atoms with Crippen LogP contribution in [0.2, 0.25) is 0 Å². The topological polar surface area (TPSA) is 65.6 Å². The summed E-state index contributed by atoms with van der Waals surface area (Å²) >= 11 is 0. The highest BCUT2D eigenvalue weighted by Crippen LogP contribution is 2.48. The smallest absolute Gasteiger partial charge is 0.180 e. The first kappa shape index (κ1) is 13.2. The van der Waals surface area contributed by atoms with E-state index in [1.165, 1.54) is 16.1 Å². The lowest BCUT2D eigenvalue weighted by molar-refractivity contribution is -0.108. The number of hydrazine groups is 1. The molecular formula is C15H14N4O2. The van der Waals surface area contributed by atoms with Crippen LogP contribution in [0.15, 0.2) is 35.7 Å². The van der Waals surface area contributed by atoms with Crippen LogP contribution < -0.4 is 5.01 Å². The van der Waals surface area contributed by atoms with Gasteiger partial charge in [0.1, 0.15) is 18.5 Å². The summed E-state index contributed by atoms with van der Waals surface area (Å²) in [6.07, 6.45) is 2.39. The van der Waals surface area contributed by atoms with Crippen LogP contribution in [0.5, 0.6) is 0 Å². The van der Waals surface area contributed by atoms with Gasteiger partial charge >= 0.3 is 0 Å². The van der Waals surface area contributed by atoms with E-state index in [0.29, 0.717) is 12.1 Å². The number of nitroso groups, excluding NO2 is 1. The molecule has 2 aromatic rings. The molecule has 0 fully saturated rings. The van der Waals surface area contributed by atoms with Gasteiger partial charge < -0.3 is 4.79 Å². The SMILES string of the molecule is Cc1cc(C)cc(-c2cnc3c(c2)N3N(CC=O)N=O)c1. The zero-order chi connectivity index (χ0) is 15.0. The predicted molar refractivity (Wildman–Crippen MR) is 79.9 cm³/mol. The van der Waals surface area contributed by atoms with Crippen molar-refractivity contribution in [2.24, 2.45) is 5.29 Å². The van der Waals surface area contributed by atoms with E-state index in [-0.39, 0.29) is 6.54 Å². The molecule has 0 amide bonds. The molecule has 0 spiro atoms. The van der Waals surface area contributed by atoms with Gasteiger partial charge in [-0.3, -0.25) is 0 Å². The van der Waals surface area contributed by atoms with Gasteiger partial charge in [-0.05, 0) is 25.5 Å². The van der Waals surface area contributed by atoms with Crippen LogP contribution >= 0.6 is 0 Å². The van der Waals surface area contributed by atoms with Gasteiger partial charge in [0.25, 0.3) is 0 Å². The Kier molecular flexibility index (Phi) is 3.13. The normalized spacial score (nSPS) is 11.8. The second-order valence-electron chi connectivity index (χ2n) is 5.06. The second kappa shape index (κ2) is 4.97. The maximum absolute atomic E-state index is 10.7. The first-order valence-corrected chi connectivity index (χ1v) is 6.57. The lowest BCUT2D eigenvalue weighted by atomic mass is 10.0. The summed E-state index contributed by atoms with van der Waals surface area (Å²) in [6.45, 7) is 4.01. The first-order valence-electron chi connectivity index (χ1n) is 6.57. The molecule has 3 rings (SSSR count). The highest BCUT2D eigenvalue weighted by Gasteiger charge is 2.37. The number of anilines is 2. The van der Waals surface area contributed by atoms with E-state index in [1.807, 2.05) is 19.9 Å². The Morgan fingerprint density at radius 3 is 2.52 bits per heavy atom. The Hall–Kier alpha value is -2.76. The average molecular weight is 282 g/mol. The van der Waals surface area contributed by atoms with Crippen molar-refractivity contribution >= 4 is 17.8 Å². The largest absolute Gasteiger partial charge is 0.301 e. The van der Waals surface area contributed by atoms with E-state index < -0.39 is 0 Å². The van der Waals surface area contributed by atoms with Crippen LogP contribution in [0, 0.1) is 18.8 Å². The number of hydrogen-bond donors (Lipinski definition) is 0. The summed E-state index contributed by atoms with van der Waals surface area (Å²) in [4.78, 5) is 25.6. The minimum absolute atomic E-state index is 0.0846. The molecule has 0 aliphatic carbocycles. The molecule has 0 bridgehead atoms. The van der Waals surface area contributed by atoms with Gasteiger partial charge in [-0.1, -0.05) is 29.3 Å². The van der Waals surface area contributed by atoms with Gasteiger partial charge in [-0.25, -0.2) is 9.99 Å². The van der Waals surface area contributed by atoms with Crippen molar-refractivity contribution in [3.8, 4) is 11.1 Å². The highest BCUT2D eigenvalue weighted by molar-refractivity contribution is 5.91. The van der Waals surface area contributed by atoms with Crippen molar-refractivity contribution in [3.63, 3.8) is 0 Å². The van der Waals surface area contributed by atoms with E-state index in [2.05, 4.69) is 28.5 Å². The van der Waals surface area contributed by atoms with Crippen molar-refractivity contribution in [2.45, 2.75) is 13.8 Å². The third-order valence-electron chi connectivity index (χ3n) is 3.34. The number of carbonyl (C=O) groups excluding carboxylic acids is 1. The molecular weight excluding hydrogens is 268 g/mol. The maximum atomic E-state index is 10.7. The quantitative estimate of drug-likeness (QED) is 0.365. The summed E-state index contributed by atoms with van der Waals surface area (Å²) in [7, 11) is 0. The average Bonchev–Trinajstić information content (AvgIpc) is 3.17. The molecule has 6 nitrogen and oxygen atoms in total. The van der Waals surface area contributed by atoms with Gasteiger partial charge in [0, 0.05) is 11.8 Å². The Balaban J connectivity index is 1.91. The fourth-order valence-corrected chi connectivity index (χ4v) is 2.47. The van der Waals surface area contributed by atoms with Gasteiger partial charge in [-0.15, -0.1) is 4.91 Å². The first-order chi connectivity index (χ1) is 10.1. The summed E-state index contributed by atoms with van der Waals surface area (Å²) in [5, 5.41) is 5.41. The van der Waals surface area contributed by atoms with Crippen LogP contribution in [0.25, 0.3) is 11.1 Å². The summed E-state index contributed by atoms with van der Waals surface area (Å²) in [5.74, 6) is 0.657. The highest BCUT2D eigenvalue weighted by atomic mass is 16.3. The van der Waals surface area contributed by atoms with E-state index in [4.69, 9.17) is 0 Å². The van der Waals surface area contributed by atoms with E-state index in [0.717, 1.165) is 21.9 Å². The zero-order valence-corrected chi connectivity index (χ0v) is 11.8. The molecule has 0 saturated carbocycles. The molecule has 1 aromatic carbocycles. The summed E-state index contributed by atoms with van der Waals surface area (Å²) in [6, 6.07) is 8.23. The maximum Gasteiger partial charge on any atom is 0.180 e. The van der Waals surface area contributed by atoms with Crippen molar-refractivity contribution in [2.75, 3.05) is 11.6 Å². The third-order valence-corrected chi connectivity index (χ3v) is 3.34. The van der Waals surface area contributed by atoms with Gasteiger partial charge in [0.2, 0.25) is 0 Å². The Morgan fingerprint density at radius 1 is 1.19 bits per heavy atom. The molecule has 0 N–H and O–H groups in total. The van der Waals surface area contributed by atoms with Gasteiger partial charge in [0.05, 0.1) is 5.29 Å². The van der Waals surface area contributed by atoms with Crippen molar-refractivity contribution in [3.05, 3.63) is 46.5 Å². The zero-order valence-electron chi connectivity index (χ0n) is 11.8. The minimum Gasteiger partial charge on any atom is -0.301 e. The van der Waals surface area contributed by atoms with E-state index in [9.17, 15) is 9.70 Å². The van der Waals surface area contributed by atoms with Crippen LogP contribution in [0.1, 0.15) is 11.1 Å². The van der Waals surface area contributed by atoms with Crippen molar-refractivity contribution < 1.29 is 4.79 Å². The monoisotopic (exact) mass is 282 g/mol. The summed E-state index contributed by atoms with van der Waals surface area (Å²) in [5.41, 5.74) is 5.22. The molecule has 1 aliphatic heterocycles. The van der Waals surface area contributed by atoms with Crippen LogP contribution in [-0.2, 0) is 4.79 Å². The molecule has 106 valence electrons. The fourth-order valence-electron chi connectivity index (χ4n) is 2.47. The number of hydrogen-bond acceptors (Lipinski definition) is 5. The Bertz CT molecular complexity index is 709. The van der Waals surface area contributed by atoms with Gasteiger partial charge in [-0.2, -0.15) is 5.12 Å². The molecule has 0 saturated heterocycles.